The first kappa shape index (κ1) is 11.9. The number of carbonyl (C=O) groups excluding carboxylic acids is 1. The molecule has 2 aliphatic heterocycles. The van der Waals surface area contributed by atoms with E-state index in [2.05, 4.69) is 17.1 Å². The van der Waals surface area contributed by atoms with E-state index in [0.717, 1.165) is 45.6 Å². The Kier molecular flexibility index (Phi) is 4.18. The average Bonchev–Trinajstić information content (AvgIpc) is 2.83. The van der Waals surface area contributed by atoms with Crippen molar-refractivity contribution in [2.24, 2.45) is 0 Å². The summed E-state index contributed by atoms with van der Waals surface area (Å²) in [4.78, 5) is 16.6. The van der Waals surface area contributed by atoms with Crippen molar-refractivity contribution >= 4 is 5.91 Å². The lowest BCUT2D eigenvalue weighted by molar-refractivity contribution is -0.134. The van der Waals surface area contributed by atoms with Crippen LogP contribution in [-0.4, -0.2) is 61.0 Å². The number of nitrogens with zero attached hydrogens (tertiary/aromatic N) is 2. The number of piperazine rings is 1. The van der Waals surface area contributed by atoms with Crippen LogP contribution in [0.15, 0.2) is 0 Å². The minimum Gasteiger partial charge on any atom is -0.339 e. The molecule has 4 heteroatoms. The lowest BCUT2D eigenvalue weighted by Gasteiger charge is -2.35. The fraction of sp³-hybridized carbons (Fsp3) is 0.917. The predicted octanol–water partition coefficient (Wildman–Crippen LogP) is 0.293. The summed E-state index contributed by atoms with van der Waals surface area (Å²) >= 11 is 0. The van der Waals surface area contributed by atoms with Crippen molar-refractivity contribution in [2.45, 2.75) is 32.2 Å². The van der Waals surface area contributed by atoms with Crippen molar-refractivity contribution in [3.8, 4) is 0 Å². The van der Waals surface area contributed by atoms with E-state index in [-0.39, 0.29) is 6.04 Å². The molecule has 2 saturated heterocycles. The first-order valence-corrected chi connectivity index (χ1v) is 6.56. The largest absolute Gasteiger partial charge is 0.339 e. The standard InChI is InChI=1S/C12H23N3O/c1-2-6-14-7-9-15(10-8-14)12(16)11-4-3-5-13-11/h11,13H,2-10H2,1H3. The van der Waals surface area contributed by atoms with E-state index in [4.69, 9.17) is 0 Å². The third kappa shape index (κ3) is 2.74. The summed E-state index contributed by atoms with van der Waals surface area (Å²) < 4.78 is 0. The number of nitrogens with one attached hydrogen (secondary N) is 1. The molecular weight excluding hydrogens is 202 g/mol. The number of amides is 1. The Balaban J connectivity index is 1.77. The first-order chi connectivity index (χ1) is 7.81. The second-order valence-electron chi connectivity index (χ2n) is 4.82. The highest BCUT2D eigenvalue weighted by Crippen LogP contribution is 2.11. The second-order valence-corrected chi connectivity index (χ2v) is 4.82. The summed E-state index contributed by atoms with van der Waals surface area (Å²) in [6.07, 6.45) is 3.37. The molecule has 0 radical (unpaired) electrons. The summed E-state index contributed by atoms with van der Waals surface area (Å²) in [5.41, 5.74) is 0. The van der Waals surface area contributed by atoms with Gasteiger partial charge in [0.2, 0.25) is 5.91 Å². The quantitative estimate of drug-likeness (QED) is 0.750. The van der Waals surface area contributed by atoms with Crippen molar-refractivity contribution in [3.05, 3.63) is 0 Å². The van der Waals surface area contributed by atoms with E-state index in [9.17, 15) is 4.79 Å². The Labute approximate surface area is 98.0 Å². The molecule has 1 amide bonds. The molecule has 92 valence electrons. The molecule has 2 rings (SSSR count). The molecule has 1 atom stereocenters. The van der Waals surface area contributed by atoms with Gasteiger partial charge in [-0.1, -0.05) is 6.92 Å². The van der Waals surface area contributed by atoms with Gasteiger partial charge >= 0.3 is 0 Å². The first-order valence-electron chi connectivity index (χ1n) is 6.56. The normalized spacial score (nSPS) is 27.3. The van der Waals surface area contributed by atoms with E-state index < -0.39 is 0 Å². The Morgan fingerprint density at radius 3 is 2.62 bits per heavy atom. The molecule has 1 unspecified atom stereocenters. The summed E-state index contributed by atoms with van der Waals surface area (Å²) in [6, 6.07) is 0.109. The maximum absolute atomic E-state index is 12.1. The maximum Gasteiger partial charge on any atom is 0.239 e. The minimum atomic E-state index is 0.109. The molecule has 0 aromatic rings. The van der Waals surface area contributed by atoms with Gasteiger partial charge in [0, 0.05) is 26.2 Å². The zero-order chi connectivity index (χ0) is 11.4. The third-order valence-electron chi connectivity index (χ3n) is 3.58. The molecule has 0 aromatic carbocycles. The molecule has 0 spiro atoms. The molecule has 2 aliphatic rings. The smallest absolute Gasteiger partial charge is 0.239 e. The van der Waals surface area contributed by atoms with Crippen molar-refractivity contribution in [1.29, 1.82) is 0 Å². The third-order valence-corrected chi connectivity index (χ3v) is 3.58. The second kappa shape index (κ2) is 5.64. The van der Waals surface area contributed by atoms with E-state index >= 15 is 0 Å². The number of hydrogen-bond donors (Lipinski definition) is 1. The van der Waals surface area contributed by atoms with Gasteiger partial charge in [0.1, 0.15) is 0 Å². The van der Waals surface area contributed by atoms with Gasteiger partial charge in [-0.2, -0.15) is 0 Å². The monoisotopic (exact) mass is 225 g/mol. The summed E-state index contributed by atoms with van der Waals surface area (Å²) in [5.74, 6) is 0.327. The molecule has 0 aliphatic carbocycles. The Hall–Kier alpha value is -0.610. The SMILES string of the molecule is CCCN1CCN(C(=O)C2CCCN2)CC1. The van der Waals surface area contributed by atoms with Crippen molar-refractivity contribution in [3.63, 3.8) is 0 Å². The molecule has 0 bridgehead atoms. The molecule has 0 aromatic heterocycles. The summed E-state index contributed by atoms with van der Waals surface area (Å²) in [5, 5.41) is 3.29. The molecule has 1 N–H and O–H groups in total. The molecular formula is C12H23N3O. The van der Waals surface area contributed by atoms with Crippen LogP contribution in [0.3, 0.4) is 0 Å². The van der Waals surface area contributed by atoms with Crippen LogP contribution in [-0.2, 0) is 4.79 Å². The predicted molar refractivity (Wildman–Crippen MR) is 64.3 cm³/mol. The van der Waals surface area contributed by atoms with E-state index in [1.807, 2.05) is 4.90 Å². The van der Waals surface area contributed by atoms with E-state index in [0.29, 0.717) is 5.91 Å². The van der Waals surface area contributed by atoms with Crippen LogP contribution in [0.25, 0.3) is 0 Å². The van der Waals surface area contributed by atoms with Crippen LogP contribution >= 0.6 is 0 Å². The fourth-order valence-corrected chi connectivity index (χ4v) is 2.62. The topological polar surface area (TPSA) is 35.6 Å². The number of rotatable bonds is 3. The highest BCUT2D eigenvalue weighted by atomic mass is 16.2. The zero-order valence-electron chi connectivity index (χ0n) is 10.2. The van der Waals surface area contributed by atoms with Crippen LogP contribution in [0.1, 0.15) is 26.2 Å². The summed E-state index contributed by atoms with van der Waals surface area (Å²) in [7, 11) is 0. The van der Waals surface area contributed by atoms with Crippen LogP contribution in [0.5, 0.6) is 0 Å². The van der Waals surface area contributed by atoms with Crippen LogP contribution in [0.4, 0.5) is 0 Å². The van der Waals surface area contributed by atoms with Crippen LogP contribution in [0, 0.1) is 0 Å². The van der Waals surface area contributed by atoms with E-state index in [1.54, 1.807) is 0 Å². The zero-order valence-corrected chi connectivity index (χ0v) is 10.2. The van der Waals surface area contributed by atoms with Gasteiger partial charge in [-0.25, -0.2) is 0 Å². The summed E-state index contributed by atoms with van der Waals surface area (Å²) in [6.45, 7) is 8.31. The number of hydrogen-bond acceptors (Lipinski definition) is 3. The van der Waals surface area contributed by atoms with Gasteiger partial charge in [-0.05, 0) is 32.4 Å². The highest BCUT2D eigenvalue weighted by Gasteiger charge is 2.28. The molecule has 2 heterocycles. The molecule has 2 fully saturated rings. The minimum absolute atomic E-state index is 0.109. The lowest BCUT2D eigenvalue weighted by Crippen LogP contribution is -2.53. The Bertz CT molecular complexity index is 230. The van der Waals surface area contributed by atoms with Crippen LogP contribution in [0.2, 0.25) is 0 Å². The van der Waals surface area contributed by atoms with Gasteiger partial charge in [0.15, 0.2) is 0 Å². The van der Waals surface area contributed by atoms with E-state index in [1.165, 1.54) is 13.0 Å². The molecule has 4 nitrogen and oxygen atoms in total. The molecule has 16 heavy (non-hydrogen) atoms. The van der Waals surface area contributed by atoms with Crippen molar-refractivity contribution < 1.29 is 4.79 Å². The highest BCUT2D eigenvalue weighted by molar-refractivity contribution is 5.82. The van der Waals surface area contributed by atoms with Gasteiger partial charge in [0.25, 0.3) is 0 Å². The van der Waals surface area contributed by atoms with Crippen molar-refractivity contribution in [2.75, 3.05) is 39.3 Å². The Morgan fingerprint density at radius 2 is 2.06 bits per heavy atom. The van der Waals surface area contributed by atoms with Gasteiger partial charge < -0.3 is 10.2 Å². The van der Waals surface area contributed by atoms with Gasteiger partial charge in [-0.15, -0.1) is 0 Å². The number of carbonyl (C=O) groups is 1. The maximum atomic E-state index is 12.1. The van der Waals surface area contributed by atoms with Crippen molar-refractivity contribution in [1.82, 2.24) is 15.1 Å². The average molecular weight is 225 g/mol. The fourth-order valence-electron chi connectivity index (χ4n) is 2.62. The van der Waals surface area contributed by atoms with Gasteiger partial charge in [0.05, 0.1) is 6.04 Å². The lowest BCUT2D eigenvalue weighted by atomic mass is 10.2. The van der Waals surface area contributed by atoms with Crippen LogP contribution < -0.4 is 5.32 Å². The molecule has 0 saturated carbocycles. The van der Waals surface area contributed by atoms with Gasteiger partial charge in [-0.3, -0.25) is 9.69 Å². The Morgan fingerprint density at radius 1 is 1.31 bits per heavy atom.